The fourth-order valence-electron chi connectivity index (χ4n) is 0.904. The van der Waals surface area contributed by atoms with Crippen molar-refractivity contribution in [1.29, 1.82) is 0 Å². The van der Waals surface area contributed by atoms with Gasteiger partial charge in [-0.25, -0.2) is 0 Å². The van der Waals surface area contributed by atoms with Crippen LogP contribution < -0.4 is 4.74 Å². The Hall–Kier alpha value is -0.390. The van der Waals surface area contributed by atoms with E-state index < -0.39 is 12.1 Å². The van der Waals surface area contributed by atoms with E-state index in [2.05, 4.69) is 0 Å². The van der Waals surface area contributed by atoms with E-state index in [1.165, 1.54) is 19.2 Å². The molecule has 0 aliphatic rings. The van der Waals surface area contributed by atoms with E-state index in [-0.39, 0.29) is 35.1 Å². The molecule has 0 saturated carbocycles. The average Bonchev–Trinajstić information content (AvgIpc) is 2.17. The molecule has 4 nitrogen and oxygen atoms in total. The first-order valence-electron chi connectivity index (χ1n) is 3.69. The molecule has 0 unspecified atom stereocenters. The molecule has 0 bridgehead atoms. The molecule has 0 saturated heterocycles. The summed E-state index contributed by atoms with van der Waals surface area (Å²) in [7, 11) is 1.51. The van der Waals surface area contributed by atoms with Crippen LogP contribution in [0.15, 0.2) is 24.3 Å². The number of hydrogen-bond donors (Lipinski definition) is 2. The fourth-order valence-corrected chi connectivity index (χ4v) is 0.904. The van der Waals surface area contributed by atoms with E-state index >= 15 is 0 Å². The molecule has 0 aromatic heterocycles. The molecule has 0 aliphatic carbocycles. The normalized spacial score (nSPS) is 9.43. The number of carbonyl (C=O) groups excluding carboxylic acids is 1. The number of aliphatic hydroxyl groups excluding tert-OH is 1. The summed E-state index contributed by atoms with van der Waals surface area (Å²) in [5.41, 5.74) is 0.246. The van der Waals surface area contributed by atoms with E-state index in [1.807, 2.05) is 0 Å². The van der Waals surface area contributed by atoms with Crippen LogP contribution in [0.4, 0.5) is 0 Å². The molecule has 0 spiro atoms. The van der Waals surface area contributed by atoms with Crippen LogP contribution in [0, 0.1) is 0 Å². The van der Waals surface area contributed by atoms with Crippen molar-refractivity contribution >= 4 is 35.3 Å². The number of Topliss-reactive ketones (excluding diaryl/α,β-unsaturated/α-hetero) is 1. The van der Waals surface area contributed by atoms with Crippen molar-refractivity contribution in [2.75, 3.05) is 7.11 Å². The van der Waals surface area contributed by atoms with Gasteiger partial charge in [0.25, 0.3) is 0 Å². The zero-order valence-corrected chi connectivity index (χ0v) is 7.10. The second-order valence-electron chi connectivity index (χ2n) is 2.47. The molecule has 1 aromatic rings. The van der Waals surface area contributed by atoms with Gasteiger partial charge in [-0.05, 0) is 24.3 Å². The summed E-state index contributed by atoms with van der Waals surface area (Å²) in [5.74, 6) is -0.105. The quantitative estimate of drug-likeness (QED) is 0.399. The summed E-state index contributed by atoms with van der Waals surface area (Å²) >= 11 is 0. The Labute approximate surface area is 104 Å². The van der Waals surface area contributed by atoms with Crippen LogP contribution in [-0.4, -0.2) is 59.0 Å². The Bertz CT molecular complexity index is 294. The fraction of sp³-hybridized carbons (Fsp3) is 0.222. The molecule has 5 heteroatoms. The van der Waals surface area contributed by atoms with Gasteiger partial charge in [-0.1, -0.05) is 0 Å². The zero-order chi connectivity index (χ0) is 9.84. The number of hydrogen-bond acceptors (Lipinski definition) is 4. The van der Waals surface area contributed by atoms with Gasteiger partial charge in [0.2, 0.25) is 12.1 Å². The molecule has 0 heterocycles. The van der Waals surface area contributed by atoms with Gasteiger partial charge in [0.15, 0.2) is 0 Å². The number of rotatable bonds is 3. The molecule has 0 atom stereocenters. The minimum absolute atomic E-state index is 0. The van der Waals surface area contributed by atoms with Crippen LogP contribution in [0.5, 0.6) is 5.75 Å². The van der Waals surface area contributed by atoms with Gasteiger partial charge in [0.1, 0.15) is 5.75 Å². The monoisotopic (exact) mass is 206 g/mol. The van der Waals surface area contributed by atoms with Gasteiger partial charge in [-0.3, -0.25) is 4.79 Å². The Morgan fingerprint density at radius 3 is 2.14 bits per heavy atom. The summed E-state index contributed by atoms with van der Waals surface area (Å²) in [5, 5.41) is 17.2. The third-order valence-electron chi connectivity index (χ3n) is 1.61. The number of carbonyl (C=O) groups is 1. The second-order valence-corrected chi connectivity index (χ2v) is 2.47. The second kappa shape index (κ2) is 6.16. The molecule has 14 heavy (non-hydrogen) atoms. The van der Waals surface area contributed by atoms with E-state index in [1.54, 1.807) is 12.1 Å². The summed E-state index contributed by atoms with van der Waals surface area (Å²) in [6.07, 6.45) is -1.95. The third-order valence-corrected chi connectivity index (χ3v) is 1.61. The van der Waals surface area contributed by atoms with Crippen molar-refractivity contribution in [3.05, 3.63) is 29.8 Å². The predicted octanol–water partition coefficient (Wildman–Crippen LogP) is -0.460. The van der Waals surface area contributed by atoms with E-state index in [0.29, 0.717) is 5.75 Å². The molecule has 2 N–H and O–H groups in total. The third kappa shape index (κ3) is 3.40. The van der Waals surface area contributed by atoms with Crippen LogP contribution in [0.2, 0.25) is 0 Å². The zero-order valence-electron chi connectivity index (χ0n) is 7.10. The topological polar surface area (TPSA) is 66.8 Å². The molecule has 0 fully saturated rings. The van der Waals surface area contributed by atoms with Crippen LogP contribution in [0.1, 0.15) is 10.4 Å². The molecular weight excluding hydrogens is 195 g/mol. The molecule has 1 rings (SSSR count). The van der Waals surface area contributed by atoms with Crippen molar-refractivity contribution in [3.63, 3.8) is 0 Å². The SMILES string of the molecule is COc1ccc(C(=O)C(O)O)cc1.[NaH]. The number of ether oxygens (including phenoxy) is 1. The number of aliphatic hydroxyl groups is 2. The Morgan fingerprint density at radius 1 is 1.29 bits per heavy atom. The van der Waals surface area contributed by atoms with Gasteiger partial charge in [-0.2, -0.15) is 0 Å². The van der Waals surface area contributed by atoms with Crippen LogP contribution >= 0.6 is 0 Å². The first-order chi connectivity index (χ1) is 6.15. The average molecular weight is 206 g/mol. The van der Waals surface area contributed by atoms with Crippen molar-refractivity contribution in [1.82, 2.24) is 0 Å². The van der Waals surface area contributed by atoms with E-state index in [4.69, 9.17) is 14.9 Å². The maximum atomic E-state index is 11.0. The van der Waals surface area contributed by atoms with Gasteiger partial charge in [-0.15, -0.1) is 0 Å². The standard InChI is InChI=1S/C9H10O4.Na.H/c1-13-7-4-2-6(3-5-7)8(10)9(11)12;;/h2-5,9,11-12H,1H3;;. The van der Waals surface area contributed by atoms with Crippen molar-refractivity contribution in [3.8, 4) is 5.75 Å². The van der Waals surface area contributed by atoms with Crippen molar-refractivity contribution < 1.29 is 19.7 Å². The maximum absolute atomic E-state index is 11.0. The molecular formula is C9H11NaO4. The number of ketones is 1. The minimum atomic E-state index is -1.95. The summed E-state index contributed by atoms with van der Waals surface area (Å²) < 4.78 is 4.87. The summed E-state index contributed by atoms with van der Waals surface area (Å²) in [6.45, 7) is 0. The molecule has 72 valence electrons. The molecule has 1 aromatic carbocycles. The van der Waals surface area contributed by atoms with Gasteiger partial charge < -0.3 is 14.9 Å². The summed E-state index contributed by atoms with van der Waals surface area (Å²) in [4.78, 5) is 11.0. The predicted molar refractivity (Wildman–Crippen MR) is 52.7 cm³/mol. The van der Waals surface area contributed by atoms with E-state index in [0.717, 1.165) is 0 Å². The van der Waals surface area contributed by atoms with Crippen molar-refractivity contribution in [2.24, 2.45) is 0 Å². The molecule has 0 aliphatic heterocycles. The van der Waals surface area contributed by atoms with Gasteiger partial charge in [0, 0.05) is 5.56 Å². The van der Waals surface area contributed by atoms with Crippen molar-refractivity contribution in [2.45, 2.75) is 6.29 Å². The molecule has 0 radical (unpaired) electrons. The number of methoxy groups -OCH3 is 1. The first kappa shape index (κ1) is 13.6. The summed E-state index contributed by atoms with van der Waals surface area (Å²) in [6, 6.07) is 6.10. The van der Waals surface area contributed by atoms with E-state index in [9.17, 15) is 4.79 Å². The Balaban J connectivity index is 0.00000169. The first-order valence-corrected chi connectivity index (χ1v) is 3.69. The van der Waals surface area contributed by atoms with Crippen LogP contribution in [0.25, 0.3) is 0 Å². The Kier molecular flexibility index (Phi) is 5.99. The van der Waals surface area contributed by atoms with Gasteiger partial charge >= 0.3 is 29.6 Å². The Morgan fingerprint density at radius 2 is 1.79 bits per heavy atom. The molecule has 0 amide bonds. The van der Waals surface area contributed by atoms with Crippen LogP contribution in [-0.2, 0) is 0 Å². The number of benzene rings is 1. The van der Waals surface area contributed by atoms with Crippen LogP contribution in [0.3, 0.4) is 0 Å². The van der Waals surface area contributed by atoms with Gasteiger partial charge in [0.05, 0.1) is 7.11 Å².